The number of rotatable bonds is 3. The van der Waals surface area contributed by atoms with E-state index in [0.717, 1.165) is 0 Å². The SMILES string of the molecule is O=C(O)C1CCC(C(=O)Nc2ccncc2)O1. The number of nitrogens with one attached hydrogen (secondary N) is 1. The average molecular weight is 236 g/mol. The number of carboxylic acid groups (broad SMARTS) is 1. The molecule has 1 saturated heterocycles. The molecule has 1 aromatic heterocycles. The first-order chi connectivity index (χ1) is 8.16. The zero-order valence-electron chi connectivity index (χ0n) is 9.00. The quantitative estimate of drug-likeness (QED) is 0.804. The summed E-state index contributed by atoms with van der Waals surface area (Å²) >= 11 is 0. The molecule has 1 amide bonds. The minimum atomic E-state index is -1.02. The second-order valence-corrected chi connectivity index (χ2v) is 3.75. The molecule has 1 aromatic rings. The van der Waals surface area contributed by atoms with E-state index >= 15 is 0 Å². The monoisotopic (exact) mass is 236 g/mol. The van der Waals surface area contributed by atoms with Crippen molar-refractivity contribution < 1.29 is 19.4 Å². The van der Waals surface area contributed by atoms with Crippen molar-refractivity contribution in [2.24, 2.45) is 0 Å². The zero-order valence-corrected chi connectivity index (χ0v) is 9.00. The standard InChI is InChI=1S/C11H12N2O4/c14-10(13-7-3-5-12-6-4-7)8-1-2-9(17-8)11(15)16/h3-6,8-9H,1-2H2,(H,15,16)(H,12,13,14). The largest absolute Gasteiger partial charge is 0.479 e. The second-order valence-electron chi connectivity index (χ2n) is 3.75. The van der Waals surface area contributed by atoms with Crippen LogP contribution >= 0.6 is 0 Å². The van der Waals surface area contributed by atoms with E-state index in [1.165, 1.54) is 0 Å². The summed E-state index contributed by atoms with van der Waals surface area (Å²) in [6, 6.07) is 3.31. The Balaban J connectivity index is 1.92. The summed E-state index contributed by atoms with van der Waals surface area (Å²) in [5.74, 6) is -1.34. The van der Waals surface area contributed by atoms with Crippen LogP contribution in [0.4, 0.5) is 5.69 Å². The van der Waals surface area contributed by atoms with Gasteiger partial charge in [-0.1, -0.05) is 0 Å². The van der Waals surface area contributed by atoms with Crippen LogP contribution in [0.1, 0.15) is 12.8 Å². The van der Waals surface area contributed by atoms with Gasteiger partial charge in [0.2, 0.25) is 0 Å². The molecule has 1 aliphatic rings. The van der Waals surface area contributed by atoms with Crippen LogP contribution in [0.15, 0.2) is 24.5 Å². The molecule has 17 heavy (non-hydrogen) atoms. The first-order valence-corrected chi connectivity index (χ1v) is 5.26. The number of ether oxygens (including phenoxy) is 1. The highest BCUT2D eigenvalue weighted by Crippen LogP contribution is 2.21. The van der Waals surface area contributed by atoms with Gasteiger partial charge in [-0.05, 0) is 25.0 Å². The number of aromatic nitrogens is 1. The van der Waals surface area contributed by atoms with Gasteiger partial charge < -0.3 is 15.2 Å². The Hall–Kier alpha value is -1.95. The zero-order chi connectivity index (χ0) is 12.3. The normalized spacial score (nSPS) is 23.3. The molecule has 0 radical (unpaired) electrons. The Labute approximate surface area is 97.6 Å². The molecular formula is C11H12N2O4. The lowest BCUT2D eigenvalue weighted by molar-refractivity contribution is -0.150. The molecule has 90 valence electrons. The van der Waals surface area contributed by atoms with Crippen LogP contribution in [0, 0.1) is 0 Å². The molecule has 2 atom stereocenters. The molecule has 1 aliphatic heterocycles. The number of carboxylic acids is 1. The predicted molar refractivity (Wildman–Crippen MR) is 58.4 cm³/mol. The van der Waals surface area contributed by atoms with Crippen molar-refractivity contribution >= 4 is 17.6 Å². The number of nitrogens with zero attached hydrogens (tertiary/aromatic N) is 1. The number of hydrogen-bond donors (Lipinski definition) is 2. The maximum Gasteiger partial charge on any atom is 0.332 e. The summed E-state index contributed by atoms with van der Waals surface area (Å²) in [4.78, 5) is 26.2. The van der Waals surface area contributed by atoms with E-state index in [-0.39, 0.29) is 5.91 Å². The lowest BCUT2D eigenvalue weighted by atomic mass is 10.2. The van der Waals surface area contributed by atoms with Crippen LogP contribution in [-0.2, 0) is 14.3 Å². The lowest BCUT2D eigenvalue weighted by Crippen LogP contribution is -2.29. The molecule has 0 spiro atoms. The molecule has 6 heteroatoms. The minimum absolute atomic E-state index is 0.319. The third-order valence-corrected chi connectivity index (χ3v) is 2.54. The number of pyridine rings is 1. The first kappa shape index (κ1) is 11.5. The number of carbonyl (C=O) groups excluding carboxylic acids is 1. The Bertz CT molecular complexity index is 421. The molecular weight excluding hydrogens is 224 g/mol. The van der Waals surface area contributed by atoms with Crippen LogP contribution in [0.2, 0.25) is 0 Å². The van der Waals surface area contributed by atoms with E-state index in [4.69, 9.17) is 9.84 Å². The van der Waals surface area contributed by atoms with E-state index in [0.29, 0.717) is 18.5 Å². The van der Waals surface area contributed by atoms with Gasteiger partial charge in [0.1, 0.15) is 6.10 Å². The van der Waals surface area contributed by atoms with Crippen LogP contribution in [-0.4, -0.2) is 34.2 Å². The van der Waals surface area contributed by atoms with Crippen LogP contribution in [0.3, 0.4) is 0 Å². The van der Waals surface area contributed by atoms with Crippen molar-refractivity contribution in [3.8, 4) is 0 Å². The highest BCUT2D eigenvalue weighted by Gasteiger charge is 2.34. The maximum absolute atomic E-state index is 11.7. The second kappa shape index (κ2) is 4.92. The predicted octanol–water partition coefficient (Wildman–Crippen LogP) is 0.652. The molecule has 0 bridgehead atoms. The molecule has 0 aromatic carbocycles. The van der Waals surface area contributed by atoms with Crippen LogP contribution in [0.5, 0.6) is 0 Å². The number of amides is 1. The van der Waals surface area contributed by atoms with Crippen molar-refractivity contribution in [2.75, 3.05) is 5.32 Å². The number of aliphatic carboxylic acids is 1. The Morgan fingerprint density at radius 1 is 1.29 bits per heavy atom. The van der Waals surface area contributed by atoms with Gasteiger partial charge in [-0.25, -0.2) is 4.79 Å². The molecule has 0 saturated carbocycles. The van der Waals surface area contributed by atoms with Gasteiger partial charge in [-0.3, -0.25) is 9.78 Å². The maximum atomic E-state index is 11.7. The van der Waals surface area contributed by atoms with Gasteiger partial charge >= 0.3 is 5.97 Å². The van der Waals surface area contributed by atoms with Gasteiger partial charge in [0, 0.05) is 18.1 Å². The molecule has 2 rings (SSSR count). The molecule has 6 nitrogen and oxygen atoms in total. The lowest BCUT2D eigenvalue weighted by Gasteiger charge is -2.11. The summed E-state index contributed by atoms with van der Waals surface area (Å²) in [6.07, 6.45) is 2.35. The first-order valence-electron chi connectivity index (χ1n) is 5.26. The molecule has 0 aliphatic carbocycles. The summed E-state index contributed by atoms with van der Waals surface area (Å²) in [7, 11) is 0. The highest BCUT2D eigenvalue weighted by atomic mass is 16.5. The van der Waals surface area contributed by atoms with E-state index in [2.05, 4.69) is 10.3 Å². The van der Waals surface area contributed by atoms with E-state index in [1.54, 1.807) is 24.5 Å². The molecule has 2 N–H and O–H groups in total. The fourth-order valence-electron chi connectivity index (χ4n) is 1.67. The third kappa shape index (κ3) is 2.79. The Morgan fingerprint density at radius 3 is 2.53 bits per heavy atom. The number of anilines is 1. The third-order valence-electron chi connectivity index (χ3n) is 2.54. The van der Waals surface area contributed by atoms with Gasteiger partial charge in [-0.2, -0.15) is 0 Å². The van der Waals surface area contributed by atoms with Crippen molar-refractivity contribution in [1.29, 1.82) is 0 Å². The van der Waals surface area contributed by atoms with Crippen molar-refractivity contribution in [3.05, 3.63) is 24.5 Å². The summed E-state index contributed by atoms with van der Waals surface area (Å²) in [5, 5.41) is 11.4. The summed E-state index contributed by atoms with van der Waals surface area (Å²) in [5.41, 5.74) is 0.618. The average Bonchev–Trinajstić information content (AvgIpc) is 2.79. The van der Waals surface area contributed by atoms with E-state index < -0.39 is 18.2 Å². The van der Waals surface area contributed by atoms with Gasteiger partial charge in [0.15, 0.2) is 6.10 Å². The fourth-order valence-corrected chi connectivity index (χ4v) is 1.67. The Kier molecular flexibility index (Phi) is 3.34. The minimum Gasteiger partial charge on any atom is -0.479 e. The van der Waals surface area contributed by atoms with Gasteiger partial charge in [0.05, 0.1) is 0 Å². The summed E-state index contributed by atoms with van der Waals surface area (Å²) < 4.78 is 5.13. The number of carbonyl (C=O) groups is 2. The summed E-state index contributed by atoms with van der Waals surface area (Å²) in [6.45, 7) is 0. The topological polar surface area (TPSA) is 88.5 Å². The highest BCUT2D eigenvalue weighted by molar-refractivity contribution is 5.94. The van der Waals surface area contributed by atoms with E-state index in [9.17, 15) is 9.59 Å². The smallest absolute Gasteiger partial charge is 0.332 e. The fraction of sp³-hybridized carbons (Fsp3) is 0.364. The van der Waals surface area contributed by atoms with E-state index in [1.807, 2.05) is 0 Å². The number of hydrogen-bond acceptors (Lipinski definition) is 4. The van der Waals surface area contributed by atoms with Gasteiger partial charge in [0.25, 0.3) is 5.91 Å². The van der Waals surface area contributed by atoms with Crippen molar-refractivity contribution in [2.45, 2.75) is 25.0 Å². The molecule has 1 fully saturated rings. The van der Waals surface area contributed by atoms with Crippen molar-refractivity contribution in [3.63, 3.8) is 0 Å². The molecule has 2 unspecified atom stereocenters. The van der Waals surface area contributed by atoms with Crippen LogP contribution < -0.4 is 5.32 Å². The molecule has 2 heterocycles. The van der Waals surface area contributed by atoms with Crippen molar-refractivity contribution in [1.82, 2.24) is 4.98 Å². The Morgan fingerprint density at radius 2 is 1.94 bits per heavy atom. The van der Waals surface area contributed by atoms with Gasteiger partial charge in [-0.15, -0.1) is 0 Å². The van der Waals surface area contributed by atoms with Crippen LogP contribution in [0.25, 0.3) is 0 Å².